The van der Waals surface area contributed by atoms with Crippen molar-refractivity contribution in [2.75, 3.05) is 43.0 Å². The van der Waals surface area contributed by atoms with Crippen LogP contribution in [0.25, 0.3) is 0 Å². The molecule has 1 N–H and O–H groups in total. The molecule has 1 fully saturated rings. The topological polar surface area (TPSA) is 74.8 Å². The van der Waals surface area contributed by atoms with Gasteiger partial charge in [0.15, 0.2) is 6.61 Å². The number of rotatable bonds is 7. The van der Waals surface area contributed by atoms with E-state index in [1.54, 1.807) is 24.9 Å². The number of benzene rings is 1. The predicted octanol–water partition coefficient (Wildman–Crippen LogP) is 4.08. The zero-order chi connectivity index (χ0) is 24.9. The molecular formula is C23H26ClF3N4O3. The lowest BCUT2D eigenvalue weighted by Crippen LogP contribution is -2.50. The summed E-state index contributed by atoms with van der Waals surface area (Å²) in [6.45, 7) is 5.23. The highest BCUT2D eigenvalue weighted by Crippen LogP contribution is 2.34. The Morgan fingerprint density at radius 1 is 1.15 bits per heavy atom. The molecule has 2 aromatic rings. The van der Waals surface area contributed by atoms with Crippen LogP contribution in [0.3, 0.4) is 0 Å². The van der Waals surface area contributed by atoms with Crippen molar-refractivity contribution in [2.45, 2.75) is 26.1 Å². The Kier molecular flexibility index (Phi) is 8.24. The fourth-order valence-electron chi connectivity index (χ4n) is 3.51. The number of carbonyl (C=O) groups excluding carboxylic acids is 2. The number of anilines is 2. The smallest absolute Gasteiger partial charge is 0.416 e. The fraction of sp³-hybridized carbons (Fsp3) is 0.435. The van der Waals surface area contributed by atoms with Crippen LogP contribution in [0.1, 0.15) is 19.4 Å². The average Bonchev–Trinajstić information content (AvgIpc) is 2.81. The van der Waals surface area contributed by atoms with Crippen LogP contribution < -0.4 is 10.2 Å². The third-order valence-corrected chi connectivity index (χ3v) is 5.78. The van der Waals surface area contributed by atoms with Gasteiger partial charge in [0, 0.05) is 32.4 Å². The zero-order valence-corrected chi connectivity index (χ0v) is 19.6. The summed E-state index contributed by atoms with van der Waals surface area (Å²) in [5.41, 5.74) is -0.720. The number of alkyl halides is 3. The second kappa shape index (κ2) is 10.9. The summed E-state index contributed by atoms with van der Waals surface area (Å²) in [6, 6.07) is 7.58. The van der Waals surface area contributed by atoms with Crippen molar-refractivity contribution in [3.63, 3.8) is 0 Å². The largest absolute Gasteiger partial charge is 0.454 e. The Balaban J connectivity index is 1.53. The molecule has 0 aliphatic carbocycles. The molecule has 0 spiro atoms. The first-order valence-electron chi connectivity index (χ1n) is 10.8. The van der Waals surface area contributed by atoms with E-state index in [1.165, 1.54) is 6.07 Å². The van der Waals surface area contributed by atoms with Crippen molar-refractivity contribution in [2.24, 2.45) is 5.92 Å². The van der Waals surface area contributed by atoms with Crippen molar-refractivity contribution in [3.05, 3.63) is 53.2 Å². The van der Waals surface area contributed by atoms with Crippen molar-refractivity contribution < 1.29 is 27.5 Å². The molecule has 1 atom stereocenters. The van der Waals surface area contributed by atoms with E-state index in [9.17, 15) is 22.8 Å². The standard InChI is InChI=1S/C23H26ClF3N4O3/c1-15(2)21(29-18-7-6-16(13-17(18)24)23(25,26)27)22(33)34-14-20(32)31-11-9-30(10-12-31)19-5-3-4-8-28-19/h3-8,13,15,21,29H,9-12,14H2,1-2H3/t21-/m0/s1. The highest BCUT2D eigenvalue weighted by molar-refractivity contribution is 6.33. The molecule has 1 aliphatic rings. The van der Waals surface area contributed by atoms with Crippen LogP contribution in [0.2, 0.25) is 5.02 Å². The van der Waals surface area contributed by atoms with Crippen LogP contribution in [0.5, 0.6) is 0 Å². The van der Waals surface area contributed by atoms with Gasteiger partial charge in [-0.15, -0.1) is 0 Å². The Morgan fingerprint density at radius 3 is 2.41 bits per heavy atom. The highest BCUT2D eigenvalue weighted by atomic mass is 35.5. The van der Waals surface area contributed by atoms with Crippen LogP contribution in [0, 0.1) is 5.92 Å². The number of aromatic nitrogens is 1. The first-order valence-corrected chi connectivity index (χ1v) is 11.2. The van der Waals surface area contributed by atoms with Gasteiger partial charge in [0.25, 0.3) is 5.91 Å². The van der Waals surface area contributed by atoms with E-state index in [0.29, 0.717) is 26.2 Å². The first-order chi connectivity index (χ1) is 16.1. The van der Waals surface area contributed by atoms with Gasteiger partial charge in [-0.25, -0.2) is 9.78 Å². The normalized spacial score (nSPS) is 15.3. The molecule has 34 heavy (non-hydrogen) atoms. The minimum atomic E-state index is -4.53. The van der Waals surface area contributed by atoms with Gasteiger partial charge in [0.2, 0.25) is 0 Å². The number of nitrogens with one attached hydrogen (secondary N) is 1. The number of hydrogen-bond acceptors (Lipinski definition) is 6. The number of carbonyl (C=O) groups is 2. The second-order valence-corrected chi connectivity index (χ2v) is 8.63. The lowest BCUT2D eigenvalue weighted by Gasteiger charge is -2.35. The molecule has 0 radical (unpaired) electrons. The molecule has 2 heterocycles. The summed E-state index contributed by atoms with van der Waals surface area (Å²) in [7, 11) is 0. The summed E-state index contributed by atoms with van der Waals surface area (Å²) in [4.78, 5) is 33.2. The minimum absolute atomic E-state index is 0.169. The lowest BCUT2D eigenvalue weighted by atomic mass is 10.0. The van der Waals surface area contributed by atoms with Crippen molar-refractivity contribution in [1.82, 2.24) is 9.88 Å². The summed E-state index contributed by atoms with van der Waals surface area (Å²) in [6.07, 6.45) is -2.81. The van der Waals surface area contributed by atoms with E-state index in [1.807, 2.05) is 18.2 Å². The summed E-state index contributed by atoms with van der Waals surface area (Å²) in [5, 5.41) is 2.67. The summed E-state index contributed by atoms with van der Waals surface area (Å²) < 4.78 is 43.8. The SMILES string of the molecule is CC(C)[C@H](Nc1ccc(C(F)(F)F)cc1Cl)C(=O)OCC(=O)N1CCN(c2ccccn2)CC1. The van der Waals surface area contributed by atoms with Gasteiger partial charge >= 0.3 is 12.1 Å². The van der Waals surface area contributed by atoms with E-state index in [-0.39, 0.29) is 22.5 Å². The Labute approximate surface area is 200 Å². The monoisotopic (exact) mass is 498 g/mol. The third-order valence-electron chi connectivity index (χ3n) is 5.47. The van der Waals surface area contributed by atoms with Gasteiger partial charge in [-0.3, -0.25) is 4.79 Å². The van der Waals surface area contributed by atoms with Crippen LogP contribution in [0.4, 0.5) is 24.7 Å². The van der Waals surface area contributed by atoms with E-state index >= 15 is 0 Å². The highest BCUT2D eigenvalue weighted by Gasteiger charge is 2.32. The quantitative estimate of drug-likeness (QED) is 0.580. The number of hydrogen-bond donors (Lipinski definition) is 1. The van der Waals surface area contributed by atoms with E-state index < -0.39 is 30.4 Å². The Morgan fingerprint density at radius 2 is 1.85 bits per heavy atom. The number of piperazine rings is 1. The maximum absolute atomic E-state index is 12.9. The molecule has 11 heteroatoms. The van der Waals surface area contributed by atoms with Crippen LogP contribution in [-0.2, 0) is 20.5 Å². The van der Waals surface area contributed by atoms with Crippen LogP contribution in [0.15, 0.2) is 42.6 Å². The Bertz CT molecular complexity index is 997. The molecule has 184 valence electrons. The molecule has 1 saturated heterocycles. The van der Waals surface area contributed by atoms with E-state index in [0.717, 1.165) is 18.0 Å². The number of halogens is 4. The van der Waals surface area contributed by atoms with Gasteiger partial charge in [-0.2, -0.15) is 13.2 Å². The van der Waals surface area contributed by atoms with Crippen LogP contribution in [-0.4, -0.2) is 60.6 Å². The summed E-state index contributed by atoms with van der Waals surface area (Å²) in [5.74, 6) is -0.438. The molecule has 0 bridgehead atoms. The minimum Gasteiger partial charge on any atom is -0.454 e. The first kappa shape index (κ1) is 25.6. The summed E-state index contributed by atoms with van der Waals surface area (Å²) >= 11 is 5.99. The zero-order valence-electron chi connectivity index (χ0n) is 18.8. The maximum Gasteiger partial charge on any atom is 0.416 e. The number of ether oxygens (including phenoxy) is 1. The van der Waals surface area contributed by atoms with E-state index in [2.05, 4.69) is 15.2 Å². The number of esters is 1. The molecule has 3 rings (SSSR count). The molecule has 1 amide bonds. The molecule has 1 aromatic heterocycles. The number of amides is 1. The molecular weight excluding hydrogens is 473 g/mol. The van der Waals surface area contributed by atoms with Gasteiger partial charge in [-0.05, 0) is 36.2 Å². The second-order valence-electron chi connectivity index (χ2n) is 8.22. The van der Waals surface area contributed by atoms with Crippen molar-refractivity contribution in [3.8, 4) is 0 Å². The van der Waals surface area contributed by atoms with Crippen molar-refractivity contribution >= 4 is 35.0 Å². The van der Waals surface area contributed by atoms with Gasteiger partial charge in [0.1, 0.15) is 11.9 Å². The maximum atomic E-state index is 12.9. The molecule has 0 saturated carbocycles. The van der Waals surface area contributed by atoms with Crippen molar-refractivity contribution in [1.29, 1.82) is 0 Å². The molecule has 0 unspecified atom stereocenters. The fourth-order valence-corrected chi connectivity index (χ4v) is 3.75. The average molecular weight is 499 g/mol. The third kappa shape index (κ3) is 6.53. The van der Waals surface area contributed by atoms with Gasteiger partial charge in [0.05, 0.1) is 16.3 Å². The lowest BCUT2D eigenvalue weighted by molar-refractivity contribution is -0.153. The van der Waals surface area contributed by atoms with Gasteiger partial charge in [-0.1, -0.05) is 31.5 Å². The molecule has 1 aromatic carbocycles. The predicted molar refractivity (Wildman–Crippen MR) is 123 cm³/mol. The van der Waals surface area contributed by atoms with Crippen LogP contribution >= 0.6 is 11.6 Å². The van der Waals surface area contributed by atoms with E-state index in [4.69, 9.17) is 16.3 Å². The number of nitrogens with zero attached hydrogens (tertiary/aromatic N) is 3. The van der Waals surface area contributed by atoms with Gasteiger partial charge < -0.3 is 19.9 Å². The molecule has 1 aliphatic heterocycles. The number of pyridine rings is 1. The Hall–Kier alpha value is -3.01. The molecule has 7 nitrogen and oxygen atoms in total.